The smallest absolute Gasteiger partial charge is 0.131 e. The van der Waals surface area contributed by atoms with E-state index < -0.39 is 0 Å². The first-order valence-corrected chi connectivity index (χ1v) is 4.16. The van der Waals surface area contributed by atoms with Crippen LogP contribution >= 0.6 is 15.9 Å². The molecule has 1 heterocycles. The van der Waals surface area contributed by atoms with Crippen molar-refractivity contribution in [2.45, 2.75) is 6.42 Å². The van der Waals surface area contributed by atoms with Gasteiger partial charge >= 0.3 is 0 Å². The van der Waals surface area contributed by atoms with Gasteiger partial charge in [0.2, 0.25) is 0 Å². The minimum absolute atomic E-state index is 0.274. The highest BCUT2D eigenvalue weighted by molar-refractivity contribution is 9.10. The molecule has 0 bridgehead atoms. The summed E-state index contributed by atoms with van der Waals surface area (Å²) in [5.74, 6) is 5.51. The Hall–Kier alpha value is -1.14. The monoisotopic (exact) mass is 223 g/mol. The molecular weight excluding hydrogens is 218 g/mol. The fraction of sp³-hybridized carbons (Fsp3) is 0.111. The average Bonchev–Trinajstić information content (AvgIpc) is 2.09. The second-order valence-corrected chi connectivity index (χ2v) is 2.85. The highest BCUT2D eigenvalue weighted by Crippen LogP contribution is 2.04. The van der Waals surface area contributed by atoms with Crippen LogP contribution in [0.3, 0.4) is 0 Å². The molecule has 0 saturated carbocycles. The summed E-state index contributed by atoms with van der Waals surface area (Å²) in [5, 5.41) is 0. The second-order valence-electron chi connectivity index (χ2n) is 2.04. The van der Waals surface area contributed by atoms with Crippen LogP contribution in [0.1, 0.15) is 12.0 Å². The van der Waals surface area contributed by atoms with Gasteiger partial charge < -0.3 is 4.79 Å². The topological polar surface area (TPSA) is 30.0 Å². The van der Waals surface area contributed by atoms with E-state index in [9.17, 15) is 4.79 Å². The molecule has 0 aliphatic heterocycles. The third-order valence-electron chi connectivity index (χ3n) is 1.15. The van der Waals surface area contributed by atoms with Crippen molar-refractivity contribution in [2.75, 3.05) is 0 Å². The van der Waals surface area contributed by atoms with Crippen molar-refractivity contribution < 1.29 is 4.79 Å². The van der Waals surface area contributed by atoms with Crippen molar-refractivity contribution in [3.05, 3.63) is 28.5 Å². The molecule has 3 heteroatoms. The normalized spacial score (nSPS) is 8.42. The maximum atomic E-state index is 9.92. The van der Waals surface area contributed by atoms with Crippen LogP contribution in [0.25, 0.3) is 0 Å². The molecule has 0 unspecified atom stereocenters. The molecule has 0 radical (unpaired) electrons. The molecule has 1 aromatic heterocycles. The molecule has 0 N–H and O–H groups in total. The van der Waals surface area contributed by atoms with Gasteiger partial charge in [-0.2, -0.15) is 0 Å². The number of rotatable bonds is 1. The fourth-order valence-corrected chi connectivity index (χ4v) is 0.879. The molecule has 2 nitrogen and oxygen atoms in total. The summed E-state index contributed by atoms with van der Waals surface area (Å²) in [6, 6.07) is 3.65. The van der Waals surface area contributed by atoms with E-state index in [0.29, 0.717) is 0 Å². The number of carbonyl (C=O) groups excluding carboxylic acids is 1. The van der Waals surface area contributed by atoms with Gasteiger partial charge in [0.15, 0.2) is 0 Å². The predicted octanol–water partition coefficient (Wildman–Crippen LogP) is 1.78. The second kappa shape index (κ2) is 4.68. The van der Waals surface area contributed by atoms with Gasteiger partial charge in [-0.3, -0.25) is 0 Å². The number of nitrogens with zero attached hydrogens (tertiary/aromatic N) is 1. The maximum absolute atomic E-state index is 9.92. The minimum atomic E-state index is 0.274. The zero-order valence-electron chi connectivity index (χ0n) is 6.25. The molecule has 0 aliphatic rings. The number of carbonyl (C=O) groups is 1. The summed E-state index contributed by atoms with van der Waals surface area (Å²) in [5.41, 5.74) is 0.819. The molecule has 1 rings (SSSR count). The molecule has 0 amide bonds. The predicted molar refractivity (Wildman–Crippen MR) is 49.5 cm³/mol. The lowest BCUT2D eigenvalue weighted by molar-refractivity contribution is -0.107. The number of hydrogen-bond donors (Lipinski definition) is 0. The van der Waals surface area contributed by atoms with Crippen LogP contribution in [0.15, 0.2) is 22.9 Å². The summed E-state index contributed by atoms with van der Waals surface area (Å²) in [6.45, 7) is 0. The summed E-state index contributed by atoms with van der Waals surface area (Å²) in [4.78, 5) is 13.9. The first kappa shape index (κ1) is 8.95. The summed E-state index contributed by atoms with van der Waals surface area (Å²) in [7, 11) is 0. The third-order valence-corrected chi connectivity index (χ3v) is 1.61. The fourth-order valence-electron chi connectivity index (χ4n) is 0.645. The highest BCUT2D eigenvalue weighted by Gasteiger charge is 1.86. The SMILES string of the molecule is O=CCC#Cc1ccc(Br)nc1. The Kier molecular flexibility index (Phi) is 3.49. The first-order chi connectivity index (χ1) is 5.83. The molecule has 60 valence electrons. The average molecular weight is 224 g/mol. The van der Waals surface area contributed by atoms with Crippen LogP contribution in [-0.2, 0) is 4.79 Å². The van der Waals surface area contributed by atoms with Gasteiger partial charge in [0.05, 0.1) is 6.42 Å². The largest absolute Gasteiger partial charge is 0.302 e. The van der Waals surface area contributed by atoms with E-state index >= 15 is 0 Å². The van der Waals surface area contributed by atoms with Gasteiger partial charge in [-0.05, 0) is 28.1 Å². The van der Waals surface area contributed by atoms with Crippen molar-refractivity contribution in [1.82, 2.24) is 4.98 Å². The Morgan fingerprint density at radius 2 is 2.42 bits per heavy atom. The van der Waals surface area contributed by atoms with Gasteiger partial charge in [-0.25, -0.2) is 4.98 Å². The number of hydrogen-bond acceptors (Lipinski definition) is 2. The van der Waals surface area contributed by atoms with Crippen LogP contribution in [-0.4, -0.2) is 11.3 Å². The van der Waals surface area contributed by atoms with E-state index in [1.807, 2.05) is 12.1 Å². The number of aldehydes is 1. The van der Waals surface area contributed by atoms with Crippen LogP contribution in [0.2, 0.25) is 0 Å². The quantitative estimate of drug-likeness (QED) is 0.413. The van der Waals surface area contributed by atoms with Crippen LogP contribution in [0.4, 0.5) is 0 Å². The van der Waals surface area contributed by atoms with Gasteiger partial charge in [0.1, 0.15) is 10.9 Å². The van der Waals surface area contributed by atoms with E-state index in [-0.39, 0.29) is 6.42 Å². The Morgan fingerprint density at radius 1 is 1.58 bits per heavy atom. The lowest BCUT2D eigenvalue weighted by Crippen LogP contribution is -1.78. The molecule has 0 atom stereocenters. The van der Waals surface area contributed by atoms with Crippen LogP contribution in [0, 0.1) is 11.8 Å². The van der Waals surface area contributed by atoms with Gasteiger partial charge in [-0.15, -0.1) is 0 Å². The molecule has 0 aliphatic carbocycles. The maximum Gasteiger partial charge on any atom is 0.131 e. The van der Waals surface area contributed by atoms with Gasteiger partial charge in [0, 0.05) is 11.8 Å². The Bertz CT molecular complexity index is 321. The van der Waals surface area contributed by atoms with E-state index in [0.717, 1.165) is 16.5 Å². The van der Waals surface area contributed by atoms with E-state index in [1.165, 1.54) is 0 Å². The number of pyridine rings is 1. The van der Waals surface area contributed by atoms with Crippen LogP contribution in [0.5, 0.6) is 0 Å². The van der Waals surface area contributed by atoms with Crippen molar-refractivity contribution in [2.24, 2.45) is 0 Å². The molecule has 1 aromatic rings. The standard InChI is InChI=1S/C9H6BrNO/c10-9-5-4-8(7-11-9)3-1-2-6-12/h4-7H,2H2. The van der Waals surface area contributed by atoms with Gasteiger partial charge in [0.25, 0.3) is 0 Å². The summed E-state index contributed by atoms with van der Waals surface area (Å²) in [6.07, 6.45) is 2.71. The minimum Gasteiger partial charge on any atom is -0.302 e. The van der Waals surface area contributed by atoms with E-state index in [1.54, 1.807) is 6.20 Å². The Labute approximate surface area is 79.1 Å². The number of aromatic nitrogens is 1. The van der Waals surface area contributed by atoms with Crippen LogP contribution < -0.4 is 0 Å². The van der Waals surface area contributed by atoms with Crippen molar-refractivity contribution in [1.29, 1.82) is 0 Å². The molecule has 0 aromatic carbocycles. The molecular formula is C9H6BrNO. The molecule has 0 spiro atoms. The Balaban J connectivity index is 2.72. The summed E-state index contributed by atoms with van der Waals surface area (Å²) >= 11 is 3.21. The van der Waals surface area contributed by atoms with E-state index in [2.05, 4.69) is 32.8 Å². The Morgan fingerprint density at radius 3 is 3.00 bits per heavy atom. The zero-order chi connectivity index (χ0) is 8.81. The highest BCUT2D eigenvalue weighted by atomic mass is 79.9. The van der Waals surface area contributed by atoms with Crippen molar-refractivity contribution in [3.63, 3.8) is 0 Å². The lowest BCUT2D eigenvalue weighted by atomic mass is 10.3. The zero-order valence-corrected chi connectivity index (χ0v) is 7.84. The summed E-state index contributed by atoms with van der Waals surface area (Å²) < 4.78 is 0.781. The number of halogens is 1. The molecule has 0 saturated heterocycles. The first-order valence-electron chi connectivity index (χ1n) is 3.37. The lowest BCUT2D eigenvalue weighted by Gasteiger charge is -1.88. The molecule has 12 heavy (non-hydrogen) atoms. The molecule has 0 fully saturated rings. The van der Waals surface area contributed by atoms with E-state index in [4.69, 9.17) is 0 Å². The van der Waals surface area contributed by atoms with Crippen molar-refractivity contribution in [3.8, 4) is 11.8 Å². The van der Waals surface area contributed by atoms with Gasteiger partial charge in [-0.1, -0.05) is 11.8 Å². The third kappa shape index (κ3) is 2.85. The van der Waals surface area contributed by atoms with Crippen molar-refractivity contribution >= 4 is 22.2 Å².